The fourth-order valence-electron chi connectivity index (χ4n) is 3.94. The van der Waals surface area contributed by atoms with Crippen LogP contribution in [-0.2, 0) is 17.9 Å². The molecule has 0 atom stereocenters. The summed E-state index contributed by atoms with van der Waals surface area (Å²) in [7, 11) is 0. The van der Waals surface area contributed by atoms with Crippen molar-refractivity contribution in [3.63, 3.8) is 0 Å². The largest absolute Gasteiger partial charge is 0.488 e. The molecule has 0 saturated carbocycles. The number of amides is 2. The van der Waals surface area contributed by atoms with Gasteiger partial charge >= 0.3 is 0 Å². The fourth-order valence-corrected chi connectivity index (χ4v) is 5.29. The Bertz CT molecular complexity index is 1570. The number of nitriles is 1. The van der Waals surface area contributed by atoms with Gasteiger partial charge in [0.1, 0.15) is 12.4 Å². The summed E-state index contributed by atoms with van der Waals surface area (Å²) in [5, 5.41) is 11.3. The number of carbonyl (C=O) groups is 2. The molecule has 1 aliphatic rings. The van der Waals surface area contributed by atoms with E-state index < -0.39 is 0 Å². The number of thioether (sulfide) groups is 1. The van der Waals surface area contributed by atoms with Crippen LogP contribution in [0.3, 0.4) is 0 Å². The molecule has 1 aliphatic heterocycles. The predicted molar refractivity (Wildman–Crippen MR) is 145 cm³/mol. The van der Waals surface area contributed by atoms with Gasteiger partial charge in [0.25, 0.3) is 11.1 Å². The first-order chi connectivity index (χ1) is 17.5. The molecule has 0 N–H and O–H groups in total. The number of hydrogen-bond acceptors (Lipinski definition) is 5. The maximum Gasteiger partial charge on any atom is 0.293 e. The second-order valence-corrected chi connectivity index (χ2v) is 10.0. The zero-order chi connectivity index (χ0) is 25.1. The van der Waals surface area contributed by atoms with Crippen molar-refractivity contribution in [2.75, 3.05) is 0 Å². The molecule has 5 nitrogen and oxygen atoms in total. The topological polar surface area (TPSA) is 70.4 Å². The third-order valence-corrected chi connectivity index (χ3v) is 7.33. The molecule has 1 saturated heterocycles. The third kappa shape index (κ3) is 5.06. The van der Waals surface area contributed by atoms with E-state index in [0.717, 1.165) is 32.7 Å². The Morgan fingerprint density at radius 2 is 1.72 bits per heavy atom. The quantitative estimate of drug-likeness (QED) is 0.234. The minimum atomic E-state index is -0.370. The average molecular weight is 555 g/mol. The lowest BCUT2D eigenvalue weighted by atomic mass is 10.1. The first-order valence-corrected chi connectivity index (χ1v) is 12.8. The lowest BCUT2D eigenvalue weighted by molar-refractivity contribution is -0.123. The molecule has 36 heavy (non-hydrogen) atoms. The van der Waals surface area contributed by atoms with Gasteiger partial charge in [0.2, 0.25) is 0 Å². The third-order valence-electron chi connectivity index (χ3n) is 5.80. The molecule has 0 aliphatic carbocycles. The number of nitrogens with zero attached hydrogens (tertiary/aromatic N) is 2. The van der Waals surface area contributed by atoms with Crippen molar-refractivity contribution in [3.05, 3.63) is 117 Å². The Hall–Kier alpha value is -3.86. The Labute approximate surface area is 221 Å². The molecule has 0 unspecified atom stereocenters. The predicted octanol–water partition coefficient (Wildman–Crippen LogP) is 7.29. The van der Waals surface area contributed by atoms with Crippen LogP contribution < -0.4 is 4.74 Å². The van der Waals surface area contributed by atoms with Gasteiger partial charge in [0.15, 0.2) is 0 Å². The molecule has 0 bridgehead atoms. The van der Waals surface area contributed by atoms with Gasteiger partial charge in [-0.1, -0.05) is 60.7 Å². The standard InChI is InChI=1S/C29H19BrN2O3S/c30-25-14-19(10-12-26(25)35-18-20-9-11-21-5-1-2-6-22(21)13-20)15-27-28(33)32(29(34)36-27)17-24-8-4-3-7-23(24)16-31/h1-15H,17-18H2/b27-15+. The van der Waals surface area contributed by atoms with Gasteiger partial charge in [-0.25, -0.2) is 0 Å². The van der Waals surface area contributed by atoms with Crippen molar-refractivity contribution < 1.29 is 14.3 Å². The molecule has 2 amide bonds. The van der Waals surface area contributed by atoms with Crippen molar-refractivity contribution in [2.45, 2.75) is 13.2 Å². The molecule has 5 rings (SSSR count). The summed E-state index contributed by atoms with van der Waals surface area (Å²) in [6, 6.07) is 29.0. The summed E-state index contributed by atoms with van der Waals surface area (Å²) in [6.45, 7) is 0.489. The second kappa shape index (κ2) is 10.4. The van der Waals surface area contributed by atoms with Crippen LogP contribution in [0, 0.1) is 11.3 Å². The molecular formula is C29H19BrN2O3S. The number of imide groups is 1. The summed E-state index contributed by atoms with van der Waals surface area (Å²) in [6.07, 6.45) is 1.69. The highest BCUT2D eigenvalue weighted by atomic mass is 79.9. The van der Waals surface area contributed by atoms with Gasteiger partial charge in [0, 0.05) is 0 Å². The van der Waals surface area contributed by atoms with E-state index >= 15 is 0 Å². The summed E-state index contributed by atoms with van der Waals surface area (Å²) < 4.78 is 6.76. The van der Waals surface area contributed by atoms with Crippen LogP contribution in [0.5, 0.6) is 5.75 Å². The lowest BCUT2D eigenvalue weighted by Crippen LogP contribution is -2.27. The fraction of sp³-hybridized carbons (Fsp3) is 0.0690. The molecule has 7 heteroatoms. The van der Waals surface area contributed by atoms with Gasteiger partial charge in [0.05, 0.1) is 27.6 Å². The Kier molecular flexibility index (Phi) is 6.90. The SMILES string of the molecule is N#Cc1ccccc1CN1C(=O)S/C(=C/c2ccc(OCc3ccc4ccccc4c3)c(Br)c2)C1=O. The number of halogens is 1. The first-order valence-electron chi connectivity index (χ1n) is 11.2. The lowest BCUT2D eigenvalue weighted by Gasteiger charge is -2.13. The van der Waals surface area contributed by atoms with Gasteiger partial charge in [-0.3, -0.25) is 14.5 Å². The van der Waals surface area contributed by atoms with Crippen LogP contribution in [0.1, 0.15) is 22.3 Å². The Morgan fingerprint density at radius 1 is 0.944 bits per heavy atom. The normalized spacial score (nSPS) is 14.4. The molecule has 0 spiro atoms. The van der Waals surface area contributed by atoms with Crippen molar-refractivity contribution in [1.82, 2.24) is 4.90 Å². The van der Waals surface area contributed by atoms with E-state index in [-0.39, 0.29) is 17.7 Å². The van der Waals surface area contributed by atoms with E-state index in [0.29, 0.717) is 28.4 Å². The summed E-state index contributed by atoms with van der Waals surface area (Å²) in [5.74, 6) is 0.312. The molecule has 1 fully saturated rings. The van der Waals surface area contributed by atoms with Crippen LogP contribution in [0.2, 0.25) is 0 Å². The number of benzene rings is 4. The van der Waals surface area contributed by atoms with Crippen molar-refractivity contribution >= 4 is 55.7 Å². The average Bonchev–Trinajstić information content (AvgIpc) is 3.15. The van der Waals surface area contributed by atoms with Crippen LogP contribution in [0.25, 0.3) is 16.8 Å². The minimum absolute atomic E-state index is 0.0665. The molecule has 176 valence electrons. The van der Waals surface area contributed by atoms with Gasteiger partial charge in [-0.2, -0.15) is 5.26 Å². The molecule has 4 aromatic carbocycles. The first kappa shape index (κ1) is 23.9. The Morgan fingerprint density at radius 3 is 2.53 bits per heavy atom. The molecule has 0 radical (unpaired) electrons. The Balaban J connectivity index is 1.28. The molecular weight excluding hydrogens is 536 g/mol. The zero-order valence-electron chi connectivity index (χ0n) is 19.0. The zero-order valence-corrected chi connectivity index (χ0v) is 21.4. The van der Waals surface area contributed by atoms with Gasteiger partial charge < -0.3 is 4.74 Å². The van der Waals surface area contributed by atoms with Gasteiger partial charge in [-0.15, -0.1) is 0 Å². The van der Waals surface area contributed by atoms with E-state index in [1.54, 1.807) is 30.3 Å². The molecule has 0 aromatic heterocycles. The second-order valence-electron chi connectivity index (χ2n) is 8.20. The molecule has 4 aromatic rings. The van der Waals surface area contributed by atoms with Crippen LogP contribution in [-0.4, -0.2) is 16.0 Å². The van der Waals surface area contributed by atoms with Gasteiger partial charge in [-0.05, 0) is 85.5 Å². The van der Waals surface area contributed by atoms with E-state index in [4.69, 9.17) is 4.74 Å². The highest BCUT2D eigenvalue weighted by Crippen LogP contribution is 2.35. The number of carbonyl (C=O) groups excluding carboxylic acids is 2. The number of hydrogen-bond donors (Lipinski definition) is 0. The van der Waals surface area contributed by atoms with E-state index in [1.165, 1.54) is 10.3 Å². The smallest absolute Gasteiger partial charge is 0.293 e. The van der Waals surface area contributed by atoms with E-state index in [2.05, 4.69) is 52.3 Å². The van der Waals surface area contributed by atoms with Crippen molar-refractivity contribution in [1.29, 1.82) is 5.26 Å². The summed E-state index contributed by atoms with van der Waals surface area (Å²) in [5.41, 5.74) is 2.92. The number of fused-ring (bicyclic) bond motifs is 1. The van der Waals surface area contributed by atoms with Crippen molar-refractivity contribution in [2.24, 2.45) is 0 Å². The van der Waals surface area contributed by atoms with E-state index in [9.17, 15) is 14.9 Å². The van der Waals surface area contributed by atoms with Crippen LogP contribution >= 0.6 is 27.7 Å². The van der Waals surface area contributed by atoms with Crippen LogP contribution in [0.4, 0.5) is 4.79 Å². The highest BCUT2D eigenvalue weighted by Gasteiger charge is 2.35. The minimum Gasteiger partial charge on any atom is -0.488 e. The number of rotatable bonds is 6. The maximum atomic E-state index is 12.9. The van der Waals surface area contributed by atoms with E-state index in [1.807, 2.05) is 30.3 Å². The number of ether oxygens (including phenoxy) is 1. The molecule has 1 heterocycles. The monoisotopic (exact) mass is 554 g/mol. The maximum absolute atomic E-state index is 12.9. The van der Waals surface area contributed by atoms with Crippen molar-refractivity contribution in [3.8, 4) is 11.8 Å². The van der Waals surface area contributed by atoms with Crippen LogP contribution in [0.15, 0.2) is 94.3 Å². The summed E-state index contributed by atoms with van der Waals surface area (Å²) in [4.78, 5) is 27.0. The highest BCUT2D eigenvalue weighted by molar-refractivity contribution is 9.10. The summed E-state index contributed by atoms with van der Waals surface area (Å²) >= 11 is 4.45.